The van der Waals surface area contributed by atoms with Gasteiger partial charge in [0.1, 0.15) is 0 Å². The third-order valence-corrected chi connectivity index (χ3v) is 3.22. The number of rotatable bonds is 4. The first kappa shape index (κ1) is 11.8. The lowest BCUT2D eigenvalue weighted by molar-refractivity contribution is 0.649. The Balaban J connectivity index is 2.14. The molecule has 2 rings (SSSR count). The van der Waals surface area contributed by atoms with Crippen LogP contribution in [0.5, 0.6) is 0 Å². The number of nitrogens with zero attached hydrogens (tertiary/aromatic N) is 1. The van der Waals surface area contributed by atoms with Crippen molar-refractivity contribution in [3.63, 3.8) is 0 Å². The molecule has 1 aromatic carbocycles. The van der Waals surface area contributed by atoms with E-state index in [0.717, 1.165) is 12.8 Å². The summed E-state index contributed by atoms with van der Waals surface area (Å²) in [6.45, 7) is 4.37. The first-order valence-electron chi connectivity index (χ1n) is 6.26. The van der Waals surface area contributed by atoms with Crippen LogP contribution in [-0.4, -0.2) is 4.98 Å². The lowest BCUT2D eigenvalue weighted by Gasteiger charge is -2.15. The van der Waals surface area contributed by atoms with Crippen molar-refractivity contribution < 1.29 is 0 Å². The van der Waals surface area contributed by atoms with Gasteiger partial charge in [0.2, 0.25) is 0 Å². The molecule has 0 radical (unpaired) electrons. The average molecular weight is 225 g/mol. The highest BCUT2D eigenvalue weighted by atomic mass is 14.7. The molecule has 1 atom stereocenters. The first-order chi connectivity index (χ1) is 8.29. The average Bonchev–Trinajstić information content (AvgIpc) is 2.38. The van der Waals surface area contributed by atoms with Crippen LogP contribution in [0.15, 0.2) is 48.7 Å². The Bertz CT molecular complexity index is 445. The van der Waals surface area contributed by atoms with Crippen molar-refractivity contribution in [2.75, 3.05) is 0 Å². The van der Waals surface area contributed by atoms with E-state index in [0.29, 0.717) is 5.92 Å². The van der Waals surface area contributed by atoms with Gasteiger partial charge in [-0.05, 0) is 43.4 Å². The summed E-state index contributed by atoms with van der Waals surface area (Å²) in [5.41, 5.74) is 3.92. The Hall–Kier alpha value is -1.63. The molecular weight excluding hydrogens is 206 g/mol. The molecule has 0 aliphatic rings. The topological polar surface area (TPSA) is 12.9 Å². The first-order valence-corrected chi connectivity index (χ1v) is 6.26. The number of hydrogen-bond acceptors (Lipinski definition) is 1. The summed E-state index contributed by atoms with van der Waals surface area (Å²) in [6, 6.07) is 15.0. The maximum atomic E-state index is 4.41. The van der Waals surface area contributed by atoms with Gasteiger partial charge >= 0.3 is 0 Å². The second-order valence-electron chi connectivity index (χ2n) is 4.54. The maximum Gasteiger partial charge on any atom is 0.0409 e. The van der Waals surface area contributed by atoms with Crippen LogP contribution in [-0.2, 0) is 6.42 Å². The van der Waals surface area contributed by atoms with Gasteiger partial charge in [-0.25, -0.2) is 0 Å². The summed E-state index contributed by atoms with van der Waals surface area (Å²) in [6.07, 6.45) is 4.05. The Labute approximate surface area is 104 Å². The number of pyridine rings is 1. The number of aryl methyl sites for hydroxylation is 1. The van der Waals surface area contributed by atoms with Crippen LogP contribution >= 0.6 is 0 Å². The molecule has 0 saturated carbocycles. The zero-order chi connectivity index (χ0) is 12.1. The zero-order valence-electron chi connectivity index (χ0n) is 10.6. The van der Waals surface area contributed by atoms with E-state index in [4.69, 9.17) is 0 Å². The molecule has 1 aromatic heterocycles. The van der Waals surface area contributed by atoms with E-state index in [1.807, 2.05) is 12.3 Å². The molecule has 1 unspecified atom stereocenters. The molecule has 1 nitrogen and oxygen atoms in total. The largest absolute Gasteiger partial charge is 0.261 e. The molecule has 0 spiro atoms. The Morgan fingerprint density at radius 3 is 2.41 bits per heavy atom. The third kappa shape index (κ3) is 3.16. The smallest absolute Gasteiger partial charge is 0.0409 e. The van der Waals surface area contributed by atoms with E-state index in [1.54, 1.807) is 0 Å². The van der Waals surface area contributed by atoms with E-state index in [2.05, 4.69) is 55.2 Å². The summed E-state index contributed by atoms with van der Waals surface area (Å²) in [7, 11) is 0. The SMILES string of the molecule is CCC(Cc1ccccn1)c1ccc(C)cc1. The molecule has 2 aromatic rings. The molecule has 17 heavy (non-hydrogen) atoms. The van der Waals surface area contributed by atoms with Gasteiger partial charge in [0.25, 0.3) is 0 Å². The van der Waals surface area contributed by atoms with Gasteiger partial charge in [-0.2, -0.15) is 0 Å². The van der Waals surface area contributed by atoms with Crippen LogP contribution in [0, 0.1) is 6.92 Å². The van der Waals surface area contributed by atoms with Gasteiger partial charge < -0.3 is 0 Å². The highest BCUT2D eigenvalue weighted by Crippen LogP contribution is 2.23. The summed E-state index contributed by atoms with van der Waals surface area (Å²) in [5, 5.41) is 0. The standard InChI is InChI=1S/C16H19N/c1-3-14(12-16-6-4-5-11-17-16)15-9-7-13(2)8-10-15/h4-11,14H,3,12H2,1-2H3. The van der Waals surface area contributed by atoms with Crippen molar-refractivity contribution in [2.45, 2.75) is 32.6 Å². The fourth-order valence-corrected chi connectivity index (χ4v) is 2.11. The summed E-state index contributed by atoms with van der Waals surface area (Å²) < 4.78 is 0. The quantitative estimate of drug-likeness (QED) is 0.762. The monoisotopic (exact) mass is 225 g/mol. The van der Waals surface area contributed by atoms with Gasteiger partial charge in [-0.15, -0.1) is 0 Å². The van der Waals surface area contributed by atoms with Crippen LogP contribution in [0.2, 0.25) is 0 Å². The molecule has 88 valence electrons. The number of benzene rings is 1. The van der Waals surface area contributed by atoms with Gasteiger partial charge in [-0.3, -0.25) is 4.98 Å². The van der Waals surface area contributed by atoms with E-state index in [-0.39, 0.29) is 0 Å². The fourth-order valence-electron chi connectivity index (χ4n) is 2.11. The summed E-state index contributed by atoms with van der Waals surface area (Å²) in [4.78, 5) is 4.41. The molecule has 0 aliphatic carbocycles. The van der Waals surface area contributed by atoms with Crippen molar-refractivity contribution in [1.29, 1.82) is 0 Å². The van der Waals surface area contributed by atoms with Crippen molar-refractivity contribution in [1.82, 2.24) is 4.98 Å². The summed E-state index contributed by atoms with van der Waals surface area (Å²) >= 11 is 0. The zero-order valence-corrected chi connectivity index (χ0v) is 10.6. The van der Waals surface area contributed by atoms with Crippen molar-refractivity contribution in [3.8, 4) is 0 Å². The van der Waals surface area contributed by atoms with E-state index >= 15 is 0 Å². The highest BCUT2D eigenvalue weighted by Gasteiger charge is 2.10. The maximum absolute atomic E-state index is 4.41. The van der Waals surface area contributed by atoms with E-state index in [1.165, 1.54) is 16.8 Å². The molecule has 0 amide bonds. The lowest BCUT2D eigenvalue weighted by Crippen LogP contribution is -2.03. The Morgan fingerprint density at radius 1 is 1.06 bits per heavy atom. The van der Waals surface area contributed by atoms with Crippen LogP contribution in [0.4, 0.5) is 0 Å². The van der Waals surface area contributed by atoms with E-state index in [9.17, 15) is 0 Å². The van der Waals surface area contributed by atoms with Crippen molar-refractivity contribution >= 4 is 0 Å². The molecule has 0 fully saturated rings. The van der Waals surface area contributed by atoms with Crippen molar-refractivity contribution in [2.24, 2.45) is 0 Å². The second-order valence-corrected chi connectivity index (χ2v) is 4.54. The third-order valence-electron chi connectivity index (χ3n) is 3.22. The molecule has 0 aliphatic heterocycles. The number of aromatic nitrogens is 1. The van der Waals surface area contributed by atoms with Crippen LogP contribution in [0.25, 0.3) is 0 Å². The predicted octanol–water partition coefficient (Wildman–Crippen LogP) is 4.13. The van der Waals surface area contributed by atoms with Crippen LogP contribution < -0.4 is 0 Å². The normalized spacial score (nSPS) is 12.4. The van der Waals surface area contributed by atoms with E-state index < -0.39 is 0 Å². The lowest BCUT2D eigenvalue weighted by atomic mass is 9.91. The molecule has 0 bridgehead atoms. The molecule has 0 N–H and O–H groups in total. The Morgan fingerprint density at radius 2 is 1.82 bits per heavy atom. The molecule has 1 heteroatoms. The minimum atomic E-state index is 0.575. The minimum absolute atomic E-state index is 0.575. The van der Waals surface area contributed by atoms with Gasteiger partial charge in [-0.1, -0.05) is 42.8 Å². The Kier molecular flexibility index (Phi) is 3.92. The van der Waals surface area contributed by atoms with Gasteiger partial charge in [0.15, 0.2) is 0 Å². The molecule has 1 heterocycles. The van der Waals surface area contributed by atoms with Crippen LogP contribution in [0.1, 0.15) is 36.1 Å². The fraction of sp³-hybridized carbons (Fsp3) is 0.312. The van der Waals surface area contributed by atoms with Crippen molar-refractivity contribution in [3.05, 3.63) is 65.5 Å². The second kappa shape index (κ2) is 5.62. The van der Waals surface area contributed by atoms with Crippen LogP contribution in [0.3, 0.4) is 0 Å². The summed E-state index contributed by atoms with van der Waals surface area (Å²) in [5.74, 6) is 0.575. The minimum Gasteiger partial charge on any atom is -0.261 e. The predicted molar refractivity (Wildman–Crippen MR) is 72.2 cm³/mol. The molecular formula is C16H19N. The van der Waals surface area contributed by atoms with Gasteiger partial charge in [0.05, 0.1) is 0 Å². The highest BCUT2D eigenvalue weighted by molar-refractivity contribution is 5.25. The number of hydrogen-bond donors (Lipinski definition) is 0. The molecule has 0 saturated heterocycles. The van der Waals surface area contributed by atoms with Gasteiger partial charge in [0, 0.05) is 11.9 Å².